The summed E-state index contributed by atoms with van der Waals surface area (Å²) in [6.07, 6.45) is 31.7. The summed E-state index contributed by atoms with van der Waals surface area (Å²) in [7, 11) is 0. The predicted octanol–water partition coefficient (Wildman–Crippen LogP) is 10.9. The van der Waals surface area contributed by atoms with Gasteiger partial charge in [-0.15, -0.1) is 0 Å². The van der Waals surface area contributed by atoms with Crippen LogP contribution in [-0.4, -0.2) is 57.9 Å². The standard InChI is InChI=1S/C50H88N2O6/c1-6-8-9-10-11-12-13-14-15-16-17-18-19-20-21-25-44(54)51-34-23-22-24-43(48(57)58)52-45(55)29-26-36(3)39-27-28-40-46-41(31-33-49(39,40)4)50(5)32-30-37(53)35-42(50)38(7-2)47(46)56/h14-15,36-43,46-47,53,56H,6-13,16-35H2,1-5H3,(H,51,54)(H,52,55)(H,57,58). The number of carboxylic acid groups (broad SMARTS) is 1. The van der Waals surface area contributed by atoms with E-state index in [0.29, 0.717) is 74.2 Å². The van der Waals surface area contributed by atoms with Crippen LogP contribution < -0.4 is 10.6 Å². The van der Waals surface area contributed by atoms with E-state index in [9.17, 15) is 29.7 Å². The number of hydrogen-bond acceptors (Lipinski definition) is 5. The van der Waals surface area contributed by atoms with E-state index in [1.807, 2.05) is 0 Å². The number of amides is 2. The van der Waals surface area contributed by atoms with E-state index in [4.69, 9.17) is 0 Å². The fourth-order valence-corrected chi connectivity index (χ4v) is 13.2. The van der Waals surface area contributed by atoms with Gasteiger partial charge in [0.2, 0.25) is 11.8 Å². The van der Waals surface area contributed by atoms with Gasteiger partial charge in [0, 0.05) is 19.4 Å². The van der Waals surface area contributed by atoms with Crippen LogP contribution in [0.1, 0.15) is 208 Å². The molecule has 0 saturated heterocycles. The molecule has 12 atom stereocenters. The van der Waals surface area contributed by atoms with Crippen LogP contribution in [0.5, 0.6) is 0 Å². The molecule has 8 nitrogen and oxygen atoms in total. The fraction of sp³-hybridized carbons (Fsp3) is 0.900. The van der Waals surface area contributed by atoms with Crippen molar-refractivity contribution in [3.8, 4) is 0 Å². The molecule has 12 unspecified atom stereocenters. The number of aliphatic carboxylic acids is 1. The number of aliphatic hydroxyl groups is 2. The minimum absolute atomic E-state index is 0.0678. The molecule has 2 amide bonds. The van der Waals surface area contributed by atoms with Gasteiger partial charge in [-0.3, -0.25) is 9.59 Å². The summed E-state index contributed by atoms with van der Waals surface area (Å²) in [6, 6.07) is -0.914. The molecular formula is C50H88N2O6. The van der Waals surface area contributed by atoms with Gasteiger partial charge in [-0.05, 0) is 155 Å². The molecule has 0 bridgehead atoms. The Labute approximate surface area is 354 Å². The zero-order valence-corrected chi connectivity index (χ0v) is 37.8. The average Bonchev–Trinajstić information content (AvgIpc) is 3.55. The molecule has 8 heteroatoms. The fourth-order valence-electron chi connectivity index (χ4n) is 13.2. The van der Waals surface area contributed by atoms with Gasteiger partial charge in [0.15, 0.2) is 0 Å². The molecule has 0 heterocycles. The Bertz CT molecular complexity index is 1270. The van der Waals surface area contributed by atoms with Crippen molar-refractivity contribution in [2.75, 3.05) is 6.54 Å². The first-order chi connectivity index (χ1) is 27.9. The summed E-state index contributed by atoms with van der Waals surface area (Å²) in [5.41, 5.74) is 0.321. The average molecular weight is 813 g/mol. The lowest BCUT2D eigenvalue weighted by Crippen LogP contribution is -2.62. The molecule has 4 rings (SSSR count). The van der Waals surface area contributed by atoms with Crippen molar-refractivity contribution in [2.24, 2.45) is 52.3 Å². The monoisotopic (exact) mass is 813 g/mol. The lowest BCUT2D eigenvalue weighted by Gasteiger charge is -2.64. The van der Waals surface area contributed by atoms with E-state index >= 15 is 0 Å². The first-order valence-corrected chi connectivity index (χ1v) is 24.7. The van der Waals surface area contributed by atoms with Crippen LogP contribution in [0.15, 0.2) is 12.2 Å². The summed E-state index contributed by atoms with van der Waals surface area (Å²) in [4.78, 5) is 37.5. The number of carbonyl (C=O) groups is 3. The Morgan fingerprint density at radius 1 is 0.707 bits per heavy atom. The van der Waals surface area contributed by atoms with Gasteiger partial charge in [-0.2, -0.15) is 0 Å². The maximum absolute atomic E-state index is 13.1. The number of fused-ring (bicyclic) bond motifs is 5. The van der Waals surface area contributed by atoms with Crippen molar-refractivity contribution in [2.45, 2.75) is 226 Å². The summed E-state index contributed by atoms with van der Waals surface area (Å²) >= 11 is 0. The summed E-state index contributed by atoms with van der Waals surface area (Å²) in [6.45, 7) is 12.2. The molecule has 0 aliphatic heterocycles. The molecule has 0 spiro atoms. The molecule has 4 fully saturated rings. The number of aliphatic hydroxyl groups excluding tert-OH is 2. The van der Waals surface area contributed by atoms with E-state index in [2.05, 4.69) is 57.4 Å². The predicted molar refractivity (Wildman–Crippen MR) is 236 cm³/mol. The van der Waals surface area contributed by atoms with Crippen LogP contribution >= 0.6 is 0 Å². The molecule has 0 aromatic carbocycles. The van der Waals surface area contributed by atoms with Crippen molar-refractivity contribution < 1.29 is 29.7 Å². The lowest BCUT2D eigenvalue weighted by atomic mass is 9.41. The minimum atomic E-state index is -1.00. The summed E-state index contributed by atoms with van der Waals surface area (Å²) in [5, 5.41) is 38.3. The van der Waals surface area contributed by atoms with E-state index < -0.39 is 12.0 Å². The number of carboxylic acids is 1. The van der Waals surface area contributed by atoms with Crippen LogP contribution in [0.2, 0.25) is 0 Å². The van der Waals surface area contributed by atoms with Crippen LogP contribution in [0.25, 0.3) is 0 Å². The molecule has 4 aliphatic carbocycles. The SMILES string of the molecule is CCCCCCCCC=CCCCCCCCC(=O)NCCCCC(NC(=O)CCC(C)C1CCC2C3C(O)C(CC)C4CC(O)CCC4(C)C3CCC12C)C(=O)O. The molecule has 334 valence electrons. The normalized spacial score (nSPS) is 32.9. The lowest BCUT2D eigenvalue weighted by molar-refractivity contribution is -0.203. The van der Waals surface area contributed by atoms with Gasteiger partial charge in [-0.25, -0.2) is 4.79 Å². The Balaban J connectivity index is 1.08. The Kier molecular flexibility index (Phi) is 20.6. The second-order valence-corrected chi connectivity index (χ2v) is 20.3. The molecule has 0 radical (unpaired) electrons. The van der Waals surface area contributed by atoms with Crippen LogP contribution in [0.3, 0.4) is 0 Å². The quantitative estimate of drug-likeness (QED) is 0.0414. The minimum Gasteiger partial charge on any atom is -0.480 e. The molecule has 4 aliphatic rings. The third-order valence-electron chi connectivity index (χ3n) is 16.5. The number of rotatable bonds is 27. The second-order valence-electron chi connectivity index (χ2n) is 20.3. The highest BCUT2D eigenvalue weighted by Gasteiger charge is 2.64. The summed E-state index contributed by atoms with van der Waals surface area (Å²) in [5.74, 6) is 1.63. The second kappa shape index (κ2) is 24.5. The van der Waals surface area contributed by atoms with E-state index in [1.54, 1.807) is 0 Å². The van der Waals surface area contributed by atoms with Crippen molar-refractivity contribution in [3.05, 3.63) is 12.2 Å². The van der Waals surface area contributed by atoms with Gasteiger partial charge in [0.25, 0.3) is 0 Å². The zero-order valence-electron chi connectivity index (χ0n) is 37.8. The molecule has 5 N–H and O–H groups in total. The zero-order chi connectivity index (χ0) is 42.1. The molecule has 58 heavy (non-hydrogen) atoms. The molecule has 0 aromatic heterocycles. The van der Waals surface area contributed by atoms with Crippen molar-refractivity contribution in [1.82, 2.24) is 10.6 Å². The number of nitrogens with one attached hydrogen (secondary N) is 2. The van der Waals surface area contributed by atoms with Gasteiger partial charge in [0.1, 0.15) is 6.04 Å². The highest BCUT2D eigenvalue weighted by atomic mass is 16.4. The van der Waals surface area contributed by atoms with Gasteiger partial charge in [0.05, 0.1) is 12.2 Å². The topological polar surface area (TPSA) is 136 Å². The smallest absolute Gasteiger partial charge is 0.326 e. The highest BCUT2D eigenvalue weighted by Crippen LogP contribution is 2.69. The third kappa shape index (κ3) is 13.3. The van der Waals surface area contributed by atoms with E-state index in [0.717, 1.165) is 77.0 Å². The van der Waals surface area contributed by atoms with Gasteiger partial charge in [-0.1, -0.05) is 105 Å². The molecular weight excluding hydrogens is 725 g/mol. The highest BCUT2D eigenvalue weighted by molar-refractivity contribution is 5.83. The molecule has 4 saturated carbocycles. The number of allylic oxidation sites excluding steroid dienone is 2. The van der Waals surface area contributed by atoms with E-state index in [-0.39, 0.29) is 40.8 Å². The number of hydrogen-bond donors (Lipinski definition) is 5. The van der Waals surface area contributed by atoms with Crippen LogP contribution in [-0.2, 0) is 14.4 Å². The van der Waals surface area contributed by atoms with Crippen LogP contribution in [0, 0.1) is 52.3 Å². The first-order valence-electron chi connectivity index (χ1n) is 24.7. The van der Waals surface area contributed by atoms with Gasteiger partial charge >= 0.3 is 5.97 Å². The number of unbranched alkanes of at least 4 members (excludes halogenated alkanes) is 12. The van der Waals surface area contributed by atoms with Crippen molar-refractivity contribution >= 4 is 17.8 Å². The third-order valence-corrected chi connectivity index (χ3v) is 16.5. The Morgan fingerprint density at radius 3 is 2.02 bits per heavy atom. The maximum atomic E-state index is 13.1. The first kappa shape index (κ1) is 48.7. The number of carbonyl (C=O) groups excluding carboxylic acids is 2. The van der Waals surface area contributed by atoms with Crippen molar-refractivity contribution in [1.29, 1.82) is 0 Å². The molecule has 0 aromatic rings. The summed E-state index contributed by atoms with van der Waals surface area (Å²) < 4.78 is 0. The largest absolute Gasteiger partial charge is 0.480 e. The van der Waals surface area contributed by atoms with Gasteiger partial charge < -0.3 is 26.0 Å². The van der Waals surface area contributed by atoms with E-state index in [1.165, 1.54) is 64.2 Å². The maximum Gasteiger partial charge on any atom is 0.326 e. The Hall–Kier alpha value is -1.93. The van der Waals surface area contributed by atoms with Crippen molar-refractivity contribution in [3.63, 3.8) is 0 Å². The Morgan fingerprint density at radius 2 is 1.34 bits per heavy atom. The van der Waals surface area contributed by atoms with Crippen LogP contribution in [0.4, 0.5) is 0 Å².